The molecule has 1 aromatic rings. The third-order valence-corrected chi connectivity index (χ3v) is 5.74. The standard InChI is InChI=1S/C15H10F3NO6S/c16-15(17,18)7-3-1-2-4-10(7)26(22,23)25-19-13(20)11-8-5-6-9(24-8)12(11)14(19)21/h1-6,8-9,11-12H. The minimum absolute atomic E-state index is 0.0351. The van der Waals surface area contributed by atoms with Gasteiger partial charge in [0.1, 0.15) is 4.90 Å². The van der Waals surface area contributed by atoms with E-state index in [-0.39, 0.29) is 5.06 Å². The van der Waals surface area contributed by atoms with Crippen LogP contribution in [0.4, 0.5) is 13.2 Å². The van der Waals surface area contributed by atoms with E-state index < -0.39 is 62.6 Å². The number of amides is 2. The molecule has 2 bridgehead atoms. The van der Waals surface area contributed by atoms with Crippen molar-refractivity contribution in [1.29, 1.82) is 0 Å². The Labute approximate surface area is 145 Å². The van der Waals surface area contributed by atoms with Gasteiger partial charge < -0.3 is 4.74 Å². The van der Waals surface area contributed by atoms with Crippen LogP contribution in [-0.4, -0.2) is 37.5 Å². The quantitative estimate of drug-likeness (QED) is 0.571. The molecule has 3 aliphatic heterocycles. The van der Waals surface area contributed by atoms with E-state index in [0.717, 1.165) is 12.1 Å². The maximum Gasteiger partial charge on any atom is 0.417 e. The molecule has 2 amide bonds. The highest BCUT2D eigenvalue weighted by atomic mass is 32.2. The summed E-state index contributed by atoms with van der Waals surface area (Å²) in [5.41, 5.74) is -1.45. The SMILES string of the molecule is O=C1C2C3C=CC(O3)C2C(=O)N1OS(=O)(=O)c1ccccc1C(F)(F)F. The molecule has 4 atom stereocenters. The number of rotatable bonds is 3. The number of hydroxylamine groups is 2. The molecule has 1 aromatic carbocycles. The molecule has 11 heteroatoms. The van der Waals surface area contributed by atoms with Crippen molar-refractivity contribution >= 4 is 21.9 Å². The Morgan fingerprint density at radius 3 is 2.08 bits per heavy atom. The number of carbonyl (C=O) groups excluding carboxylic acids is 2. The van der Waals surface area contributed by atoms with Gasteiger partial charge in [-0.3, -0.25) is 9.59 Å². The normalized spacial score (nSPS) is 30.3. The zero-order chi connectivity index (χ0) is 18.9. The van der Waals surface area contributed by atoms with Crippen LogP contribution in [0.2, 0.25) is 0 Å². The van der Waals surface area contributed by atoms with Gasteiger partial charge in [-0.15, -0.1) is 9.35 Å². The Bertz CT molecular complexity index is 911. The van der Waals surface area contributed by atoms with Crippen molar-refractivity contribution in [2.24, 2.45) is 11.8 Å². The molecule has 2 saturated heterocycles. The Morgan fingerprint density at radius 2 is 1.54 bits per heavy atom. The highest BCUT2D eigenvalue weighted by molar-refractivity contribution is 7.86. The highest BCUT2D eigenvalue weighted by Gasteiger charge is 2.62. The van der Waals surface area contributed by atoms with Gasteiger partial charge in [0, 0.05) is 0 Å². The number of hydrogen-bond donors (Lipinski definition) is 0. The Morgan fingerprint density at radius 1 is 1.00 bits per heavy atom. The van der Waals surface area contributed by atoms with Crippen LogP contribution in [0, 0.1) is 11.8 Å². The van der Waals surface area contributed by atoms with Crippen LogP contribution in [0.1, 0.15) is 5.56 Å². The maximum absolute atomic E-state index is 13.1. The van der Waals surface area contributed by atoms with Crippen LogP contribution in [0.3, 0.4) is 0 Å². The number of carbonyl (C=O) groups is 2. The zero-order valence-electron chi connectivity index (χ0n) is 12.7. The van der Waals surface area contributed by atoms with Crippen molar-refractivity contribution in [3.8, 4) is 0 Å². The van der Waals surface area contributed by atoms with E-state index in [2.05, 4.69) is 4.28 Å². The Kier molecular flexibility index (Phi) is 3.56. The first-order chi connectivity index (χ1) is 12.1. The molecule has 4 rings (SSSR count). The molecular formula is C15H10F3NO6S. The number of imide groups is 1. The first kappa shape index (κ1) is 17.2. The van der Waals surface area contributed by atoms with Gasteiger partial charge in [-0.05, 0) is 12.1 Å². The van der Waals surface area contributed by atoms with E-state index in [1.54, 1.807) is 12.2 Å². The number of fused-ring (bicyclic) bond motifs is 5. The monoisotopic (exact) mass is 389 g/mol. The highest BCUT2D eigenvalue weighted by Crippen LogP contribution is 2.45. The van der Waals surface area contributed by atoms with Crippen LogP contribution in [-0.2, 0) is 34.9 Å². The fourth-order valence-electron chi connectivity index (χ4n) is 3.41. The lowest BCUT2D eigenvalue weighted by Gasteiger charge is -2.18. The minimum Gasteiger partial charge on any atom is -0.365 e. The summed E-state index contributed by atoms with van der Waals surface area (Å²) < 4.78 is 73.7. The van der Waals surface area contributed by atoms with Crippen LogP contribution in [0.25, 0.3) is 0 Å². The van der Waals surface area contributed by atoms with Gasteiger partial charge in [0.25, 0.3) is 11.8 Å². The van der Waals surface area contributed by atoms with E-state index >= 15 is 0 Å². The van der Waals surface area contributed by atoms with Gasteiger partial charge in [0.15, 0.2) is 0 Å². The van der Waals surface area contributed by atoms with Crippen molar-refractivity contribution < 1.29 is 40.2 Å². The molecule has 0 aliphatic carbocycles. The van der Waals surface area contributed by atoms with Gasteiger partial charge in [0.2, 0.25) is 0 Å². The van der Waals surface area contributed by atoms with Gasteiger partial charge in [0.05, 0.1) is 29.6 Å². The number of hydrogen-bond acceptors (Lipinski definition) is 6. The van der Waals surface area contributed by atoms with E-state index in [9.17, 15) is 31.2 Å². The lowest BCUT2D eigenvalue weighted by Crippen LogP contribution is -2.36. The van der Waals surface area contributed by atoms with E-state index in [1.807, 2.05) is 0 Å². The van der Waals surface area contributed by atoms with E-state index in [1.165, 1.54) is 0 Å². The lowest BCUT2D eigenvalue weighted by molar-refractivity contribution is -0.168. The van der Waals surface area contributed by atoms with Gasteiger partial charge in [-0.2, -0.15) is 21.6 Å². The maximum atomic E-state index is 13.1. The second kappa shape index (κ2) is 5.38. The fourth-order valence-corrected chi connectivity index (χ4v) is 4.53. The summed E-state index contributed by atoms with van der Waals surface area (Å²) >= 11 is 0. The second-order valence-electron chi connectivity index (χ2n) is 6.00. The molecule has 0 saturated carbocycles. The lowest BCUT2D eigenvalue weighted by atomic mass is 9.85. The van der Waals surface area contributed by atoms with E-state index in [4.69, 9.17) is 4.74 Å². The topological polar surface area (TPSA) is 90.0 Å². The summed E-state index contributed by atoms with van der Waals surface area (Å²) in [4.78, 5) is 23.5. The van der Waals surface area contributed by atoms with Crippen LogP contribution >= 0.6 is 0 Å². The van der Waals surface area contributed by atoms with Gasteiger partial charge >= 0.3 is 16.3 Å². The molecule has 3 heterocycles. The summed E-state index contributed by atoms with van der Waals surface area (Å²) in [6, 6.07) is 3.35. The average Bonchev–Trinajstić information content (AvgIpc) is 3.24. The molecule has 0 spiro atoms. The summed E-state index contributed by atoms with van der Waals surface area (Å²) in [7, 11) is -5.07. The van der Waals surface area contributed by atoms with Crippen LogP contribution in [0.5, 0.6) is 0 Å². The third-order valence-electron chi connectivity index (χ3n) is 4.50. The number of nitrogens with zero attached hydrogens (tertiary/aromatic N) is 1. The number of ether oxygens (including phenoxy) is 1. The number of halogens is 3. The molecule has 0 radical (unpaired) electrons. The molecule has 3 aliphatic rings. The Hall–Kier alpha value is -2.24. The molecule has 2 fully saturated rings. The summed E-state index contributed by atoms with van der Waals surface area (Å²) in [5, 5.41) is 0.0351. The van der Waals surface area contributed by atoms with Crippen molar-refractivity contribution in [1.82, 2.24) is 5.06 Å². The molecule has 0 N–H and O–H groups in total. The summed E-state index contributed by atoms with van der Waals surface area (Å²) in [6.45, 7) is 0. The fraction of sp³-hybridized carbons (Fsp3) is 0.333. The second-order valence-corrected chi connectivity index (χ2v) is 7.49. The van der Waals surface area contributed by atoms with Crippen molar-refractivity contribution in [2.75, 3.05) is 0 Å². The zero-order valence-corrected chi connectivity index (χ0v) is 13.5. The minimum atomic E-state index is -5.07. The number of alkyl halides is 3. The predicted molar refractivity (Wildman–Crippen MR) is 76.3 cm³/mol. The van der Waals surface area contributed by atoms with Gasteiger partial charge in [-0.1, -0.05) is 24.3 Å². The molecule has 7 nitrogen and oxygen atoms in total. The van der Waals surface area contributed by atoms with Crippen LogP contribution < -0.4 is 0 Å². The van der Waals surface area contributed by atoms with Gasteiger partial charge in [-0.25, -0.2) is 0 Å². The van der Waals surface area contributed by atoms with Crippen LogP contribution in [0.15, 0.2) is 41.3 Å². The first-order valence-corrected chi connectivity index (χ1v) is 8.84. The molecule has 4 unspecified atom stereocenters. The number of benzene rings is 1. The van der Waals surface area contributed by atoms with Crippen molar-refractivity contribution in [3.05, 3.63) is 42.0 Å². The smallest absolute Gasteiger partial charge is 0.365 e. The van der Waals surface area contributed by atoms with Crippen molar-refractivity contribution in [3.63, 3.8) is 0 Å². The first-order valence-electron chi connectivity index (χ1n) is 7.44. The predicted octanol–water partition coefficient (Wildman–Crippen LogP) is 1.26. The largest absolute Gasteiger partial charge is 0.417 e. The van der Waals surface area contributed by atoms with E-state index in [0.29, 0.717) is 12.1 Å². The third kappa shape index (κ3) is 2.38. The van der Waals surface area contributed by atoms with Crippen molar-refractivity contribution in [2.45, 2.75) is 23.3 Å². The molecule has 138 valence electrons. The molecule has 26 heavy (non-hydrogen) atoms. The summed E-state index contributed by atoms with van der Waals surface area (Å²) in [6.07, 6.45) is -3.16. The molecule has 0 aromatic heterocycles. The summed E-state index contributed by atoms with van der Waals surface area (Å²) in [5.74, 6) is -3.79. The average molecular weight is 389 g/mol. The Balaban J connectivity index is 1.66. The molecular weight excluding hydrogens is 379 g/mol.